The van der Waals surface area contributed by atoms with Crippen LogP contribution in [0.1, 0.15) is 20.7 Å². The van der Waals surface area contributed by atoms with Crippen LogP contribution in [-0.4, -0.2) is 24.5 Å². The van der Waals surface area contributed by atoms with E-state index in [1.54, 1.807) is 36.4 Å². The molecule has 0 aliphatic rings. The van der Waals surface area contributed by atoms with Crippen LogP contribution in [0.4, 0.5) is 0 Å². The van der Waals surface area contributed by atoms with Crippen LogP contribution in [0.15, 0.2) is 83.9 Å². The molecule has 3 rings (SSSR count). The number of ketones is 1. The maximum atomic E-state index is 12.7. The Labute approximate surface area is 189 Å². The van der Waals surface area contributed by atoms with E-state index < -0.39 is 15.9 Å². The molecule has 0 aliphatic heterocycles. The number of rotatable bonds is 6. The second-order valence-corrected chi connectivity index (χ2v) is 8.22. The number of aromatic nitrogens is 1. The van der Waals surface area contributed by atoms with Crippen LogP contribution in [0.25, 0.3) is 0 Å². The number of benzene rings is 2. The first-order valence-corrected chi connectivity index (χ1v) is 10.3. The zero-order valence-electron chi connectivity index (χ0n) is 15.5. The largest absolute Gasteiger partial charge is 1.00 e. The number of amides is 1. The van der Waals surface area contributed by atoms with E-state index in [4.69, 9.17) is 17.4 Å². The standard InChI is InChI=1S/C20H17ClN3O4S.BrH/c21-19-17(20(26)24(22)29(27,28)16-10-5-2-6-11-16)12-7-13-23(19)14-18(25)15-8-3-1-4-9-15;/h1-13H,14,22H2;1H/q+1;/p-1. The number of hydrogen-bond acceptors (Lipinski definition) is 5. The lowest BCUT2D eigenvalue weighted by atomic mass is 10.1. The molecule has 10 heteroatoms. The van der Waals surface area contributed by atoms with Gasteiger partial charge in [-0.15, -0.1) is 0 Å². The molecule has 1 aromatic heterocycles. The molecule has 0 aliphatic carbocycles. The first kappa shape index (κ1) is 23.7. The van der Waals surface area contributed by atoms with Crippen molar-refractivity contribution in [3.63, 3.8) is 0 Å². The lowest BCUT2D eigenvalue weighted by molar-refractivity contribution is -0.681. The Morgan fingerprint density at radius 1 is 0.933 bits per heavy atom. The van der Waals surface area contributed by atoms with Gasteiger partial charge in [-0.25, -0.2) is 5.84 Å². The van der Waals surface area contributed by atoms with E-state index in [9.17, 15) is 18.0 Å². The Hall–Kier alpha value is -2.59. The van der Waals surface area contributed by atoms with E-state index in [-0.39, 0.29) is 49.3 Å². The molecule has 0 fully saturated rings. The Balaban J connectivity index is 0.00000320. The maximum Gasteiger partial charge on any atom is 0.289 e. The molecule has 0 saturated carbocycles. The summed E-state index contributed by atoms with van der Waals surface area (Å²) >= 11 is 6.29. The zero-order chi connectivity index (χ0) is 21.0. The number of carbonyl (C=O) groups excluding carboxylic acids is 2. The number of pyridine rings is 1. The van der Waals surface area contributed by atoms with Crippen molar-refractivity contribution in [1.29, 1.82) is 0 Å². The molecule has 3 aromatic rings. The SMILES string of the molecule is NN(C(=O)c1ccc[n+](CC(=O)c2ccccc2)c1Cl)S(=O)(=O)c1ccccc1.[Br-]. The molecule has 0 saturated heterocycles. The fourth-order valence-corrected chi connectivity index (χ4v) is 3.92. The van der Waals surface area contributed by atoms with E-state index in [1.807, 2.05) is 0 Å². The van der Waals surface area contributed by atoms with Gasteiger partial charge in [0.05, 0.1) is 4.90 Å². The van der Waals surface area contributed by atoms with Gasteiger partial charge in [-0.1, -0.05) is 48.5 Å². The Kier molecular flexibility index (Phi) is 7.85. The van der Waals surface area contributed by atoms with Gasteiger partial charge in [-0.2, -0.15) is 17.4 Å². The van der Waals surface area contributed by atoms with Crippen molar-refractivity contribution in [2.75, 3.05) is 0 Å². The monoisotopic (exact) mass is 509 g/mol. The van der Waals surface area contributed by atoms with E-state index in [1.165, 1.54) is 47.2 Å². The summed E-state index contributed by atoms with van der Waals surface area (Å²) in [6, 6.07) is 18.8. The van der Waals surface area contributed by atoms with Crippen molar-refractivity contribution >= 4 is 33.3 Å². The molecule has 0 atom stereocenters. The van der Waals surface area contributed by atoms with Crippen molar-refractivity contribution in [2.24, 2.45) is 5.84 Å². The predicted octanol–water partition coefficient (Wildman–Crippen LogP) is -0.781. The van der Waals surface area contributed by atoms with Gasteiger partial charge in [-0.05, 0) is 29.8 Å². The number of halogens is 2. The van der Waals surface area contributed by atoms with Crippen molar-refractivity contribution in [3.8, 4) is 0 Å². The molecule has 156 valence electrons. The highest BCUT2D eigenvalue weighted by Gasteiger charge is 2.31. The van der Waals surface area contributed by atoms with Gasteiger partial charge in [-0.3, -0.25) is 9.59 Å². The molecule has 30 heavy (non-hydrogen) atoms. The molecule has 0 spiro atoms. The summed E-state index contributed by atoms with van der Waals surface area (Å²) in [5, 5.41) is -0.0968. The van der Waals surface area contributed by atoms with E-state index in [2.05, 4.69) is 0 Å². The van der Waals surface area contributed by atoms with Crippen molar-refractivity contribution < 1.29 is 39.6 Å². The van der Waals surface area contributed by atoms with E-state index in [0.29, 0.717) is 5.56 Å². The molecular formula is C20H17BrClN3O4S. The first-order chi connectivity index (χ1) is 13.8. The second-order valence-electron chi connectivity index (χ2n) is 6.05. The van der Waals surface area contributed by atoms with Gasteiger partial charge >= 0.3 is 0 Å². The number of nitrogens with two attached hydrogens (primary N) is 1. The van der Waals surface area contributed by atoms with Crippen LogP contribution < -0.4 is 27.4 Å². The van der Waals surface area contributed by atoms with Crippen LogP contribution in [-0.2, 0) is 16.6 Å². The first-order valence-electron chi connectivity index (χ1n) is 8.48. The molecule has 1 heterocycles. The van der Waals surface area contributed by atoms with Crippen LogP contribution in [0, 0.1) is 0 Å². The third-order valence-electron chi connectivity index (χ3n) is 4.14. The third-order valence-corrected chi connectivity index (χ3v) is 6.12. The quantitative estimate of drug-likeness (QED) is 0.117. The molecule has 7 nitrogen and oxygen atoms in total. The zero-order valence-corrected chi connectivity index (χ0v) is 18.6. The summed E-state index contributed by atoms with van der Waals surface area (Å²) in [6.07, 6.45) is 1.52. The Morgan fingerprint density at radius 2 is 1.50 bits per heavy atom. The van der Waals surface area contributed by atoms with Crippen LogP contribution >= 0.6 is 11.6 Å². The molecule has 0 radical (unpaired) electrons. The third kappa shape index (κ3) is 4.93. The Bertz CT molecular complexity index is 1160. The smallest absolute Gasteiger partial charge is 0.289 e. The van der Waals surface area contributed by atoms with Gasteiger partial charge in [0, 0.05) is 11.6 Å². The lowest BCUT2D eigenvalue weighted by Crippen LogP contribution is -3.00. The molecular weight excluding hydrogens is 494 g/mol. The van der Waals surface area contributed by atoms with Gasteiger partial charge in [0.15, 0.2) is 6.20 Å². The molecule has 2 aromatic carbocycles. The minimum Gasteiger partial charge on any atom is -1.00 e. The average molecular weight is 511 g/mol. The Morgan fingerprint density at radius 3 is 2.10 bits per heavy atom. The summed E-state index contributed by atoms with van der Waals surface area (Å²) in [4.78, 5) is 25.0. The van der Waals surface area contributed by atoms with E-state index in [0.717, 1.165) is 0 Å². The number of Topliss-reactive ketones (excluding diaryl/α,β-unsaturated/α-hetero) is 1. The lowest BCUT2D eigenvalue weighted by Gasteiger charge is -2.16. The van der Waals surface area contributed by atoms with Crippen LogP contribution in [0.5, 0.6) is 0 Å². The summed E-state index contributed by atoms with van der Waals surface area (Å²) in [6.45, 7) is -0.125. The average Bonchev–Trinajstić information content (AvgIpc) is 2.75. The summed E-state index contributed by atoms with van der Waals surface area (Å²) in [5.41, 5.74) is 0.344. The van der Waals surface area contributed by atoms with Crippen LogP contribution in [0.3, 0.4) is 0 Å². The second kappa shape index (κ2) is 9.94. The maximum absolute atomic E-state index is 12.7. The predicted molar refractivity (Wildman–Crippen MR) is 106 cm³/mol. The number of carbonyl (C=O) groups is 2. The number of hydrogen-bond donors (Lipinski definition) is 1. The fourth-order valence-electron chi connectivity index (χ4n) is 2.62. The summed E-state index contributed by atoms with van der Waals surface area (Å²) in [5.74, 6) is 4.40. The number of sulfonamides is 1. The normalized spacial score (nSPS) is 10.7. The van der Waals surface area contributed by atoms with Crippen molar-refractivity contribution in [3.05, 3.63) is 95.3 Å². The summed E-state index contributed by atoms with van der Waals surface area (Å²) in [7, 11) is -4.26. The molecule has 2 N–H and O–H groups in total. The van der Waals surface area contributed by atoms with Gasteiger partial charge in [0.2, 0.25) is 12.3 Å². The minimum atomic E-state index is -4.26. The molecule has 0 bridgehead atoms. The van der Waals surface area contributed by atoms with E-state index >= 15 is 0 Å². The van der Waals surface area contributed by atoms with Gasteiger partial charge < -0.3 is 17.0 Å². The fraction of sp³-hybridized carbons (Fsp3) is 0.0500. The highest BCUT2D eigenvalue weighted by molar-refractivity contribution is 7.89. The number of hydrazine groups is 1. The molecule has 0 unspecified atom stereocenters. The van der Waals surface area contributed by atoms with Crippen molar-refractivity contribution in [1.82, 2.24) is 4.41 Å². The summed E-state index contributed by atoms with van der Waals surface area (Å²) < 4.78 is 26.7. The topological polar surface area (TPSA) is 101 Å². The van der Waals surface area contributed by atoms with Crippen LogP contribution in [0.2, 0.25) is 5.15 Å². The highest BCUT2D eigenvalue weighted by atomic mass is 79.9. The number of nitrogens with zero attached hydrogens (tertiary/aromatic N) is 2. The molecule has 1 amide bonds. The minimum absolute atomic E-state index is 0. The van der Waals surface area contributed by atoms with Gasteiger partial charge in [0.25, 0.3) is 21.1 Å². The highest BCUT2D eigenvalue weighted by Crippen LogP contribution is 2.18. The van der Waals surface area contributed by atoms with Crippen molar-refractivity contribution in [2.45, 2.75) is 11.4 Å². The van der Waals surface area contributed by atoms with Gasteiger partial charge in [0.1, 0.15) is 5.56 Å².